The van der Waals surface area contributed by atoms with E-state index in [0.29, 0.717) is 32.0 Å². The Labute approximate surface area is 103 Å². The van der Waals surface area contributed by atoms with Crippen LogP contribution in [0.1, 0.15) is 6.42 Å². The first-order valence-electron chi connectivity index (χ1n) is 5.45. The van der Waals surface area contributed by atoms with Gasteiger partial charge in [0.1, 0.15) is 5.82 Å². The molecule has 0 bridgehead atoms. The van der Waals surface area contributed by atoms with E-state index in [2.05, 4.69) is 0 Å². The van der Waals surface area contributed by atoms with Crippen LogP contribution in [-0.4, -0.2) is 36.9 Å². The topological polar surface area (TPSA) is 35.5 Å². The summed E-state index contributed by atoms with van der Waals surface area (Å²) < 4.78 is 35.1. The van der Waals surface area contributed by atoms with Gasteiger partial charge < -0.3 is 9.47 Å². The molecular weight excluding hydrogens is 243 g/mol. The van der Waals surface area contributed by atoms with Gasteiger partial charge in [0.2, 0.25) is 0 Å². The highest BCUT2D eigenvalue weighted by Crippen LogP contribution is 2.12. The average molecular weight is 260 g/mol. The van der Waals surface area contributed by atoms with E-state index in [1.165, 1.54) is 6.07 Å². The molecule has 0 aliphatic heterocycles. The smallest absolute Gasteiger partial charge is 0.139 e. The molecule has 0 amide bonds. The summed E-state index contributed by atoms with van der Waals surface area (Å²) in [5.41, 5.74) is 0. The molecule has 0 aromatic heterocycles. The molecule has 0 aliphatic rings. The normalized spacial score (nSPS) is 12.6. The van der Waals surface area contributed by atoms with Crippen molar-refractivity contribution in [2.24, 2.45) is 0 Å². The van der Waals surface area contributed by atoms with Crippen LogP contribution >= 0.6 is 0 Å². The third kappa shape index (κ3) is 5.39. The fraction of sp³-hybridized carbons (Fsp3) is 0.500. The Kier molecular flexibility index (Phi) is 7.00. The molecule has 1 aromatic carbocycles. The third-order valence-electron chi connectivity index (χ3n) is 2.13. The van der Waals surface area contributed by atoms with Crippen LogP contribution in [0.25, 0.3) is 0 Å². The minimum absolute atomic E-state index is 0.268. The molecule has 5 heteroatoms. The molecule has 0 heterocycles. The number of rotatable bonds is 8. The van der Waals surface area contributed by atoms with Gasteiger partial charge in [-0.2, -0.15) is 0 Å². The van der Waals surface area contributed by atoms with Gasteiger partial charge in [0.05, 0.1) is 28.9 Å². The quantitative estimate of drug-likeness (QED) is 0.671. The number of ether oxygens (including phenoxy) is 2. The van der Waals surface area contributed by atoms with Crippen molar-refractivity contribution in [2.75, 3.05) is 32.7 Å². The molecule has 0 spiro atoms. The molecule has 1 rings (SSSR count). The predicted molar refractivity (Wildman–Crippen MR) is 65.0 cm³/mol. The first-order valence-corrected chi connectivity index (χ1v) is 6.77. The van der Waals surface area contributed by atoms with Crippen molar-refractivity contribution in [1.29, 1.82) is 0 Å². The highest BCUT2D eigenvalue weighted by Gasteiger charge is 2.08. The van der Waals surface area contributed by atoms with Gasteiger partial charge in [0.15, 0.2) is 0 Å². The largest absolute Gasteiger partial charge is 0.382 e. The minimum atomic E-state index is -1.29. The fourth-order valence-corrected chi connectivity index (χ4v) is 2.39. The zero-order valence-corrected chi connectivity index (χ0v) is 10.7. The lowest BCUT2D eigenvalue weighted by Gasteiger charge is -2.04. The van der Waals surface area contributed by atoms with E-state index < -0.39 is 16.6 Å². The zero-order chi connectivity index (χ0) is 12.5. The highest BCUT2D eigenvalue weighted by molar-refractivity contribution is 7.85. The van der Waals surface area contributed by atoms with E-state index in [1.54, 1.807) is 25.3 Å². The van der Waals surface area contributed by atoms with Crippen LogP contribution in [0.4, 0.5) is 4.39 Å². The fourth-order valence-electron chi connectivity index (χ4n) is 1.28. The summed E-state index contributed by atoms with van der Waals surface area (Å²) in [5.74, 6) is -0.000356. The molecule has 0 saturated carbocycles. The second kappa shape index (κ2) is 8.33. The summed E-state index contributed by atoms with van der Waals surface area (Å²) in [4.78, 5) is 0.268. The maximum Gasteiger partial charge on any atom is 0.139 e. The van der Waals surface area contributed by atoms with Crippen LogP contribution < -0.4 is 0 Å². The van der Waals surface area contributed by atoms with E-state index in [0.717, 1.165) is 0 Å². The third-order valence-corrected chi connectivity index (χ3v) is 3.61. The number of methoxy groups -OCH3 is 1. The van der Waals surface area contributed by atoms with Crippen LogP contribution in [0.3, 0.4) is 0 Å². The molecule has 3 nitrogen and oxygen atoms in total. The van der Waals surface area contributed by atoms with Gasteiger partial charge in [-0.3, -0.25) is 4.21 Å². The van der Waals surface area contributed by atoms with Gasteiger partial charge in [-0.05, 0) is 18.6 Å². The van der Waals surface area contributed by atoms with E-state index in [9.17, 15) is 8.60 Å². The Morgan fingerprint density at radius 1 is 1.24 bits per heavy atom. The number of benzene rings is 1. The standard InChI is InChI=1S/C12H17FO3S/c1-15-8-9-16-7-4-10-17(14)12-6-3-2-5-11(12)13/h2-3,5-6H,4,7-10H2,1H3. The van der Waals surface area contributed by atoms with Crippen molar-refractivity contribution in [3.8, 4) is 0 Å². The number of hydrogen-bond donors (Lipinski definition) is 0. The van der Waals surface area contributed by atoms with Crippen molar-refractivity contribution < 1.29 is 18.1 Å². The number of halogens is 1. The first-order chi connectivity index (χ1) is 8.25. The Bertz CT molecular complexity index is 357. The van der Waals surface area contributed by atoms with E-state index in [1.807, 2.05) is 0 Å². The molecule has 17 heavy (non-hydrogen) atoms. The molecule has 0 saturated heterocycles. The summed E-state index contributed by atoms with van der Waals surface area (Å²) in [6.07, 6.45) is 0.644. The molecule has 1 atom stereocenters. The Balaban J connectivity index is 2.24. The second-order valence-corrected chi connectivity index (χ2v) is 4.98. The lowest BCUT2D eigenvalue weighted by molar-refractivity contribution is 0.0713. The summed E-state index contributed by atoms with van der Waals surface area (Å²) in [6.45, 7) is 1.60. The number of hydrogen-bond acceptors (Lipinski definition) is 3. The predicted octanol–water partition coefficient (Wildman–Crippen LogP) is 1.99. The minimum Gasteiger partial charge on any atom is -0.382 e. The summed E-state index contributed by atoms with van der Waals surface area (Å²) in [6, 6.07) is 6.15. The van der Waals surface area contributed by atoms with E-state index in [4.69, 9.17) is 9.47 Å². The Morgan fingerprint density at radius 2 is 2.00 bits per heavy atom. The van der Waals surface area contributed by atoms with Gasteiger partial charge in [-0.15, -0.1) is 0 Å². The lowest BCUT2D eigenvalue weighted by atomic mass is 10.3. The van der Waals surface area contributed by atoms with Gasteiger partial charge in [0, 0.05) is 19.5 Å². The monoisotopic (exact) mass is 260 g/mol. The lowest BCUT2D eigenvalue weighted by Crippen LogP contribution is -2.07. The van der Waals surface area contributed by atoms with Crippen LogP contribution in [0.5, 0.6) is 0 Å². The van der Waals surface area contributed by atoms with Crippen LogP contribution in [0.2, 0.25) is 0 Å². The molecule has 0 aliphatic carbocycles. The second-order valence-electron chi connectivity index (χ2n) is 3.44. The molecule has 0 N–H and O–H groups in total. The zero-order valence-electron chi connectivity index (χ0n) is 9.86. The van der Waals surface area contributed by atoms with Crippen molar-refractivity contribution in [2.45, 2.75) is 11.3 Å². The molecule has 96 valence electrons. The summed E-state index contributed by atoms with van der Waals surface area (Å²) in [7, 11) is 0.319. The Morgan fingerprint density at radius 3 is 2.71 bits per heavy atom. The van der Waals surface area contributed by atoms with E-state index >= 15 is 0 Å². The van der Waals surface area contributed by atoms with Crippen molar-refractivity contribution in [3.05, 3.63) is 30.1 Å². The average Bonchev–Trinajstić information content (AvgIpc) is 2.34. The van der Waals surface area contributed by atoms with Crippen LogP contribution in [0.15, 0.2) is 29.2 Å². The van der Waals surface area contributed by atoms with Crippen molar-refractivity contribution >= 4 is 10.8 Å². The molecule has 1 aromatic rings. The van der Waals surface area contributed by atoms with Crippen molar-refractivity contribution in [1.82, 2.24) is 0 Å². The van der Waals surface area contributed by atoms with Crippen LogP contribution in [-0.2, 0) is 20.3 Å². The highest BCUT2D eigenvalue weighted by atomic mass is 32.2. The van der Waals surface area contributed by atoms with Crippen LogP contribution in [0, 0.1) is 5.82 Å². The van der Waals surface area contributed by atoms with Gasteiger partial charge in [-0.25, -0.2) is 4.39 Å². The van der Waals surface area contributed by atoms with E-state index in [-0.39, 0.29) is 4.90 Å². The first kappa shape index (κ1) is 14.3. The molecule has 0 fully saturated rings. The molecule has 0 radical (unpaired) electrons. The van der Waals surface area contributed by atoms with Gasteiger partial charge in [-0.1, -0.05) is 12.1 Å². The molecule has 1 unspecified atom stereocenters. The maximum atomic E-state index is 13.3. The van der Waals surface area contributed by atoms with Gasteiger partial charge >= 0.3 is 0 Å². The summed E-state index contributed by atoms with van der Waals surface area (Å²) in [5, 5.41) is 0. The summed E-state index contributed by atoms with van der Waals surface area (Å²) >= 11 is 0. The SMILES string of the molecule is COCCOCCCS(=O)c1ccccc1F. The van der Waals surface area contributed by atoms with Crippen molar-refractivity contribution in [3.63, 3.8) is 0 Å². The molecular formula is C12H17FO3S. The Hall–Kier alpha value is -0.780. The maximum absolute atomic E-state index is 13.3. The van der Waals surface area contributed by atoms with Gasteiger partial charge in [0.25, 0.3) is 0 Å².